The Morgan fingerprint density at radius 2 is 2.60 bits per heavy atom. The molecule has 1 aromatic rings. The average Bonchev–Trinajstić information content (AvgIpc) is 2.71. The summed E-state index contributed by atoms with van der Waals surface area (Å²) in [5, 5.41) is 3.58. The number of hydrogen-bond acceptors (Lipinski definition) is 4. The number of thiazole rings is 1. The third-order valence-electron chi connectivity index (χ3n) is 2.84. The van der Waals surface area contributed by atoms with Gasteiger partial charge in [0.1, 0.15) is 0 Å². The fourth-order valence-corrected chi connectivity index (χ4v) is 2.76. The van der Waals surface area contributed by atoms with Crippen molar-refractivity contribution in [1.29, 1.82) is 0 Å². The number of hydrogen-bond donors (Lipinski definition) is 1. The van der Waals surface area contributed by atoms with E-state index >= 15 is 0 Å². The minimum absolute atomic E-state index is 0.691. The highest BCUT2D eigenvalue weighted by atomic mass is 32.1. The largest absolute Gasteiger partial charge is 0.311 e. The molecule has 1 unspecified atom stereocenters. The van der Waals surface area contributed by atoms with Gasteiger partial charge in [-0.05, 0) is 6.42 Å². The number of rotatable bonds is 4. The number of piperazine rings is 1. The van der Waals surface area contributed by atoms with Gasteiger partial charge in [0.05, 0.1) is 5.51 Å². The lowest BCUT2D eigenvalue weighted by molar-refractivity contribution is 0.188. The SMILES string of the molecule is CCCC1CN(Cc2cncs2)CCN1. The normalized spacial score (nSPS) is 23.1. The predicted molar refractivity (Wildman–Crippen MR) is 64.1 cm³/mol. The first-order valence-electron chi connectivity index (χ1n) is 5.71. The molecule has 2 rings (SSSR count). The van der Waals surface area contributed by atoms with Gasteiger partial charge in [-0.3, -0.25) is 9.88 Å². The van der Waals surface area contributed by atoms with Crippen molar-refractivity contribution in [3.8, 4) is 0 Å². The van der Waals surface area contributed by atoms with Crippen molar-refractivity contribution in [2.45, 2.75) is 32.4 Å². The Bertz CT molecular complexity index is 271. The summed E-state index contributed by atoms with van der Waals surface area (Å²) in [6.45, 7) is 6.81. The van der Waals surface area contributed by atoms with Crippen molar-refractivity contribution in [3.63, 3.8) is 0 Å². The van der Waals surface area contributed by atoms with Gasteiger partial charge >= 0.3 is 0 Å². The Balaban J connectivity index is 1.82. The maximum absolute atomic E-state index is 4.12. The Morgan fingerprint density at radius 1 is 1.67 bits per heavy atom. The number of nitrogens with one attached hydrogen (secondary N) is 1. The molecule has 1 aliphatic heterocycles. The lowest BCUT2D eigenvalue weighted by atomic mass is 10.1. The van der Waals surface area contributed by atoms with E-state index in [0.717, 1.165) is 19.6 Å². The molecule has 4 heteroatoms. The van der Waals surface area contributed by atoms with Crippen LogP contribution in [0.4, 0.5) is 0 Å². The van der Waals surface area contributed by atoms with E-state index in [-0.39, 0.29) is 0 Å². The highest BCUT2D eigenvalue weighted by Crippen LogP contribution is 2.12. The van der Waals surface area contributed by atoms with Gasteiger partial charge in [0.15, 0.2) is 0 Å². The predicted octanol–water partition coefficient (Wildman–Crippen LogP) is 1.72. The molecule has 0 radical (unpaired) electrons. The van der Waals surface area contributed by atoms with Crippen LogP contribution in [0.5, 0.6) is 0 Å². The topological polar surface area (TPSA) is 28.2 Å². The van der Waals surface area contributed by atoms with Crippen LogP contribution in [0.3, 0.4) is 0 Å². The summed E-state index contributed by atoms with van der Waals surface area (Å²) in [6, 6.07) is 0.691. The molecule has 1 saturated heterocycles. The van der Waals surface area contributed by atoms with Gasteiger partial charge in [0.25, 0.3) is 0 Å². The molecule has 2 heterocycles. The molecule has 0 bridgehead atoms. The van der Waals surface area contributed by atoms with E-state index in [9.17, 15) is 0 Å². The zero-order valence-electron chi connectivity index (χ0n) is 9.28. The van der Waals surface area contributed by atoms with Gasteiger partial charge in [0, 0.05) is 43.3 Å². The summed E-state index contributed by atoms with van der Waals surface area (Å²) in [5.41, 5.74) is 1.92. The van der Waals surface area contributed by atoms with Gasteiger partial charge in [-0.15, -0.1) is 11.3 Å². The fraction of sp³-hybridized carbons (Fsp3) is 0.727. The molecule has 1 atom stereocenters. The van der Waals surface area contributed by atoms with Crippen LogP contribution >= 0.6 is 11.3 Å². The van der Waals surface area contributed by atoms with E-state index in [0.29, 0.717) is 6.04 Å². The lowest BCUT2D eigenvalue weighted by Crippen LogP contribution is -2.49. The molecule has 1 aromatic heterocycles. The van der Waals surface area contributed by atoms with Crippen LogP contribution in [0.2, 0.25) is 0 Å². The van der Waals surface area contributed by atoms with Crippen molar-refractivity contribution in [1.82, 2.24) is 15.2 Å². The Kier molecular flexibility index (Phi) is 4.11. The lowest BCUT2D eigenvalue weighted by Gasteiger charge is -2.33. The third kappa shape index (κ3) is 3.26. The van der Waals surface area contributed by atoms with Crippen LogP contribution in [0, 0.1) is 0 Å². The second-order valence-corrected chi connectivity index (χ2v) is 5.11. The van der Waals surface area contributed by atoms with Crippen LogP contribution < -0.4 is 5.32 Å². The Hall–Kier alpha value is -0.450. The highest BCUT2D eigenvalue weighted by molar-refractivity contribution is 7.09. The first kappa shape index (κ1) is 11.0. The molecule has 0 aromatic carbocycles. The van der Waals surface area contributed by atoms with Gasteiger partial charge in [-0.1, -0.05) is 13.3 Å². The molecular weight excluding hydrogens is 206 g/mol. The summed E-state index contributed by atoms with van der Waals surface area (Å²) in [5.74, 6) is 0. The molecule has 1 aliphatic rings. The Labute approximate surface area is 95.5 Å². The van der Waals surface area contributed by atoms with Gasteiger partial charge in [-0.25, -0.2) is 0 Å². The number of aromatic nitrogens is 1. The zero-order valence-corrected chi connectivity index (χ0v) is 10.1. The van der Waals surface area contributed by atoms with E-state index in [1.165, 1.54) is 24.3 Å². The quantitative estimate of drug-likeness (QED) is 0.845. The van der Waals surface area contributed by atoms with Crippen molar-refractivity contribution < 1.29 is 0 Å². The second-order valence-electron chi connectivity index (χ2n) is 4.14. The maximum atomic E-state index is 4.12. The summed E-state index contributed by atoms with van der Waals surface area (Å²) in [7, 11) is 0. The van der Waals surface area contributed by atoms with E-state index in [4.69, 9.17) is 0 Å². The molecule has 0 aliphatic carbocycles. The summed E-state index contributed by atoms with van der Waals surface area (Å²) >= 11 is 1.76. The molecule has 84 valence electrons. The molecule has 3 nitrogen and oxygen atoms in total. The van der Waals surface area contributed by atoms with E-state index in [1.54, 1.807) is 11.3 Å². The van der Waals surface area contributed by atoms with Gasteiger partial charge < -0.3 is 5.32 Å². The zero-order chi connectivity index (χ0) is 10.5. The van der Waals surface area contributed by atoms with Crippen LogP contribution in [-0.2, 0) is 6.54 Å². The van der Waals surface area contributed by atoms with E-state index in [1.807, 2.05) is 11.7 Å². The van der Waals surface area contributed by atoms with Crippen LogP contribution in [0.25, 0.3) is 0 Å². The first-order chi connectivity index (χ1) is 7.38. The fourth-order valence-electron chi connectivity index (χ4n) is 2.12. The van der Waals surface area contributed by atoms with Gasteiger partial charge in [-0.2, -0.15) is 0 Å². The third-order valence-corrected chi connectivity index (χ3v) is 3.60. The second kappa shape index (κ2) is 5.58. The molecule has 0 saturated carbocycles. The molecule has 1 N–H and O–H groups in total. The smallest absolute Gasteiger partial charge is 0.0794 e. The van der Waals surface area contributed by atoms with Crippen molar-refractivity contribution in [3.05, 3.63) is 16.6 Å². The summed E-state index contributed by atoms with van der Waals surface area (Å²) in [6.07, 6.45) is 4.55. The van der Waals surface area contributed by atoms with Crippen LogP contribution in [0.1, 0.15) is 24.6 Å². The number of nitrogens with zero attached hydrogens (tertiary/aromatic N) is 2. The molecular formula is C11H19N3S. The van der Waals surface area contributed by atoms with Crippen LogP contribution in [-0.4, -0.2) is 35.6 Å². The Morgan fingerprint density at radius 3 is 3.33 bits per heavy atom. The minimum atomic E-state index is 0.691. The van der Waals surface area contributed by atoms with E-state index in [2.05, 4.69) is 22.1 Å². The van der Waals surface area contributed by atoms with Crippen LogP contribution in [0.15, 0.2) is 11.7 Å². The molecule has 15 heavy (non-hydrogen) atoms. The highest BCUT2D eigenvalue weighted by Gasteiger charge is 2.18. The maximum Gasteiger partial charge on any atom is 0.0794 e. The minimum Gasteiger partial charge on any atom is -0.311 e. The van der Waals surface area contributed by atoms with Crippen molar-refractivity contribution >= 4 is 11.3 Å². The average molecular weight is 225 g/mol. The summed E-state index contributed by atoms with van der Waals surface area (Å²) < 4.78 is 0. The van der Waals surface area contributed by atoms with E-state index < -0.39 is 0 Å². The molecule has 0 amide bonds. The van der Waals surface area contributed by atoms with Crippen molar-refractivity contribution in [2.75, 3.05) is 19.6 Å². The standard InChI is InChI=1S/C11H19N3S/c1-2-3-10-7-14(5-4-13-10)8-11-6-12-9-15-11/h6,9-10,13H,2-5,7-8H2,1H3. The molecule has 1 fully saturated rings. The first-order valence-corrected chi connectivity index (χ1v) is 6.59. The van der Waals surface area contributed by atoms with Gasteiger partial charge in [0.2, 0.25) is 0 Å². The monoisotopic (exact) mass is 225 g/mol. The van der Waals surface area contributed by atoms with Crippen molar-refractivity contribution in [2.24, 2.45) is 0 Å². The summed E-state index contributed by atoms with van der Waals surface area (Å²) in [4.78, 5) is 8.03. The molecule has 0 spiro atoms.